The topological polar surface area (TPSA) is 140 Å². The molecule has 23 heavy (non-hydrogen) atoms. The van der Waals surface area contributed by atoms with Crippen LogP contribution in [-0.4, -0.2) is 44.8 Å². The SMILES string of the molecule is CC(=O)NCC(O)C(O)c1ccc2c(=O)c(C(=O)O)c[nH]c2c1. The molecule has 8 nitrogen and oxygen atoms in total. The summed E-state index contributed by atoms with van der Waals surface area (Å²) < 4.78 is 0. The van der Waals surface area contributed by atoms with Crippen molar-refractivity contribution < 1.29 is 24.9 Å². The smallest absolute Gasteiger partial charge is 0.341 e. The van der Waals surface area contributed by atoms with Gasteiger partial charge in [-0.05, 0) is 17.7 Å². The van der Waals surface area contributed by atoms with Crippen LogP contribution in [0.2, 0.25) is 0 Å². The molecular formula is C15H16N2O6. The lowest BCUT2D eigenvalue weighted by molar-refractivity contribution is -0.119. The molecule has 2 aromatic rings. The van der Waals surface area contributed by atoms with E-state index in [9.17, 15) is 24.6 Å². The zero-order chi connectivity index (χ0) is 17.1. The Morgan fingerprint density at radius 3 is 2.61 bits per heavy atom. The molecular weight excluding hydrogens is 304 g/mol. The quantitative estimate of drug-likeness (QED) is 0.515. The fraction of sp³-hybridized carbons (Fsp3) is 0.267. The highest BCUT2D eigenvalue weighted by molar-refractivity contribution is 5.92. The van der Waals surface area contributed by atoms with Gasteiger partial charge in [0.25, 0.3) is 0 Å². The number of pyridine rings is 1. The molecule has 0 aliphatic carbocycles. The molecule has 0 saturated carbocycles. The van der Waals surface area contributed by atoms with Crippen molar-refractivity contribution in [1.29, 1.82) is 0 Å². The molecule has 122 valence electrons. The van der Waals surface area contributed by atoms with E-state index in [1.807, 2.05) is 0 Å². The largest absolute Gasteiger partial charge is 0.477 e. The standard InChI is InChI=1S/C15H16N2O6/c1-7(18)16-6-12(19)13(20)8-2-3-9-11(4-8)17-5-10(14(9)21)15(22)23/h2-5,12-13,19-20H,6H2,1H3,(H,16,18)(H,17,21)(H,22,23). The van der Waals surface area contributed by atoms with E-state index in [0.29, 0.717) is 11.1 Å². The van der Waals surface area contributed by atoms with Gasteiger partial charge in [0, 0.05) is 30.6 Å². The zero-order valence-corrected chi connectivity index (χ0v) is 12.2. The van der Waals surface area contributed by atoms with E-state index < -0.39 is 23.6 Å². The van der Waals surface area contributed by atoms with E-state index in [2.05, 4.69) is 10.3 Å². The van der Waals surface area contributed by atoms with E-state index in [1.165, 1.54) is 25.1 Å². The highest BCUT2D eigenvalue weighted by Gasteiger charge is 2.20. The lowest BCUT2D eigenvalue weighted by Gasteiger charge is -2.18. The number of aromatic nitrogens is 1. The molecule has 2 atom stereocenters. The van der Waals surface area contributed by atoms with E-state index in [4.69, 9.17) is 5.11 Å². The van der Waals surface area contributed by atoms with E-state index in [-0.39, 0.29) is 23.4 Å². The summed E-state index contributed by atoms with van der Waals surface area (Å²) in [4.78, 5) is 36.4. The lowest BCUT2D eigenvalue weighted by Crippen LogP contribution is -2.34. The number of hydrogen-bond donors (Lipinski definition) is 5. The van der Waals surface area contributed by atoms with Crippen LogP contribution in [0.1, 0.15) is 28.9 Å². The molecule has 1 amide bonds. The maximum Gasteiger partial charge on any atom is 0.341 e. The maximum atomic E-state index is 12.0. The van der Waals surface area contributed by atoms with Crippen LogP contribution in [-0.2, 0) is 4.79 Å². The summed E-state index contributed by atoms with van der Waals surface area (Å²) in [7, 11) is 0. The second-order valence-corrected chi connectivity index (χ2v) is 5.09. The Kier molecular flexibility index (Phi) is 4.77. The summed E-state index contributed by atoms with van der Waals surface area (Å²) in [6.07, 6.45) is -1.41. The van der Waals surface area contributed by atoms with Gasteiger partial charge in [-0.3, -0.25) is 9.59 Å². The van der Waals surface area contributed by atoms with Crippen LogP contribution in [0.5, 0.6) is 0 Å². The fourth-order valence-electron chi connectivity index (χ4n) is 2.16. The van der Waals surface area contributed by atoms with Gasteiger partial charge in [0.05, 0.1) is 0 Å². The molecule has 0 spiro atoms. The molecule has 8 heteroatoms. The summed E-state index contributed by atoms with van der Waals surface area (Å²) >= 11 is 0. The van der Waals surface area contributed by atoms with E-state index in [1.54, 1.807) is 0 Å². The number of fused-ring (bicyclic) bond motifs is 1. The second-order valence-electron chi connectivity index (χ2n) is 5.09. The predicted molar refractivity (Wildman–Crippen MR) is 81.2 cm³/mol. The summed E-state index contributed by atoms with van der Waals surface area (Å²) in [6, 6.07) is 4.25. The number of aliphatic hydroxyl groups excluding tert-OH is 2. The Morgan fingerprint density at radius 2 is 2.00 bits per heavy atom. The minimum absolute atomic E-state index is 0.122. The monoisotopic (exact) mass is 320 g/mol. The number of carboxylic acid groups (broad SMARTS) is 1. The molecule has 0 aliphatic heterocycles. The number of carbonyl (C=O) groups excluding carboxylic acids is 1. The average Bonchev–Trinajstić information content (AvgIpc) is 2.51. The third-order valence-electron chi connectivity index (χ3n) is 3.40. The number of rotatable bonds is 5. The van der Waals surface area contributed by atoms with Gasteiger partial charge < -0.3 is 25.6 Å². The zero-order valence-electron chi connectivity index (χ0n) is 12.2. The van der Waals surface area contributed by atoms with Crippen molar-refractivity contribution in [3.63, 3.8) is 0 Å². The number of H-pyrrole nitrogens is 1. The van der Waals surface area contributed by atoms with Crippen LogP contribution in [0, 0.1) is 0 Å². The first kappa shape index (κ1) is 16.7. The van der Waals surface area contributed by atoms with Gasteiger partial charge in [0.2, 0.25) is 11.3 Å². The number of carbonyl (C=O) groups is 2. The normalized spacial score (nSPS) is 13.5. The number of aliphatic hydroxyl groups is 2. The van der Waals surface area contributed by atoms with Crippen molar-refractivity contribution in [2.75, 3.05) is 6.54 Å². The first-order valence-electron chi connectivity index (χ1n) is 6.80. The van der Waals surface area contributed by atoms with E-state index in [0.717, 1.165) is 6.20 Å². The first-order chi connectivity index (χ1) is 10.8. The molecule has 1 aromatic heterocycles. The average molecular weight is 320 g/mol. The first-order valence-corrected chi connectivity index (χ1v) is 6.80. The van der Waals surface area contributed by atoms with Crippen molar-refractivity contribution in [2.45, 2.75) is 19.1 Å². The van der Waals surface area contributed by atoms with Crippen LogP contribution in [0.25, 0.3) is 10.9 Å². The Morgan fingerprint density at radius 1 is 1.30 bits per heavy atom. The summed E-state index contributed by atoms with van der Waals surface area (Å²) in [5.41, 5.74) is -0.347. The second kappa shape index (κ2) is 6.59. The van der Waals surface area contributed by atoms with Crippen molar-refractivity contribution in [1.82, 2.24) is 10.3 Å². The predicted octanol–water partition coefficient (Wildman–Crippen LogP) is -0.243. The summed E-state index contributed by atoms with van der Waals surface area (Å²) in [6.45, 7) is 1.17. The van der Waals surface area contributed by atoms with Gasteiger partial charge >= 0.3 is 5.97 Å². The van der Waals surface area contributed by atoms with Gasteiger partial charge in [-0.2, -0.15) is 0 Å². The van der Waals surface area contributed by atoms with Crippen LogP contribution < -0.4 is 10.7 Å². The molecule has 2 rings (SSSR count). The Labute approximate surface area is 130 Å². The number of carboxylic acids is 1. The minimum Gasteiger partial charge on any atom is -0.477 e. The molecule has 1 heterocycles. The summed E-state index contributed by atoms with van der Waals surface area (Å²) in [5, 5.41) is 31.4. The van der Waals surface area contributed by atoms with Crippen LogP contribution >= 0.6 is 0 Å². The number of benzene rings is 1. The third kappa shape index (κ3) is 3.55. The molecule has 1 aromatic carbocycles. The molecule has 0 radical (unpaired) electrons. The number of hydrogen-bond acceptors (Lipinski definition) is 5. The van der Waals surface area contributed by atoms with Crippen molar-refractivity contribution in [3.05, 3.63) is 45.7 Å². The highest BCUT2D eigenvalue weighted by Crippen LogP contribution is 2.20. The van der Waals surface area contributed by atoms with Gasteiger partial charge in [0.15, 0.2) is 0 Å². The molecule has 5 N–H and O–H groups in total. The third-order valence-corrected chi connectivity index (χ3v) is 3.40. The van der Waals surface area contributed by atoms with Gasteiger partial charge in [-0.15, -0.1) is 0 Å². The van der Waals surface area contributed by atoms with Gasteiger partial charge in [0.1, 0.15) is 17.8 Å². The van der Waals surface area contributed by atoms with Crippen molar-refractivity contribution >= 4 is 22.8 Å². The van der Waals surface area contributed by atoms with Crippen LogP contribution in [0.15, 0.2) is 29.2 Å². The van der Waals surface area contributed by atoms with E-state index >= 15 is 0 Å². The van der Waals surface area contributed by atoms with Crippen molar-refractivity contribution in [2.24, 2.45) is 0 Å². The Balaban J connectivity index is 2.33. The van der Waals surface area contributed by atoms with Crippen LogP contribution in [0.4, 0.5) is 0 Å². The fourth-order valence-corrected chi connectivity index (χ4v) is 2.16. The number of nitrogens with one attached hydrogen (secondary N) is 2. The van der Waals surface area contributed by atoms with Crippen LogP contribution in [0.3, 0.4) is 0 Å². The minimum atomic E-state index is -1.33. The maximum absolute atomic E-state index is 12.0. The molecule has 0 saturated heterocycles. The Hall–Kier alpha value is -2.71. The lowest BCUT2D eigenvalue weighted by atomic mass is 10.0. The molecule has 0 aliphatic rings. The molecule has 0 bridgehead atoms. The molecule has 2 unspecified atom stereocenters. The van der Waals surface area contributed by atoms with Gasteiger partial charge in [-0.25, -0.2) is 4.79 Å². The van der Waals surface area contributed by atoms with Gasteiger partial charge in [-0.1, -0.05) is 6.07 Å². The number of amides is 1. The highest BCUT2D eigenvalue weighted by atomic mass is 16.4. The van der Waals surface area contributed by atoms with Crippen molar-refractivity contribution in [3.8, 4) is 0 Å². The molecule has 0 fully saturated rings. The number of aromatic amines is 1. The Bertz CT molecular complexity index is 813. The number of aromatic carboxylic acids is 1. The summed E-state index contributed by atoms with van der Waals surface area (Å²) in [5.74, 6) is -1.66.